The summed E-state index contributed by atoms with van der Waals surface area (Å²) in [5.74, 6) is 0. The number of fused-ring (bicyclic) bond motifs is 1. The predicted octanol–water partition coefficient (Wildman–Crippen LogP) is 2.64. The zero-order valence-electron chi connectivity index (χ0n) is 11.3. The fourth-order valence-electron chi connectivity index (χ4n) is 3.25. The molecule has 0 saturated carbocycles. The molecule has 0 N–H and O–H groups in total. The van der Waals surface area contributed by atoms with Crippen LogP contribution in [0.1, 0.15) is 18.4 Å². The first kappa shape index (κ1) is 14.0. The molecule has 2 fully saturated rings. The van der Waals surface area contributed by atoms with Gasteiger partial charge in [0.05, 0.1) is 9.40 Å². The lowest BCUT2D eigenvalue weighted by molar-refractivity contribution is -0.385. The van der Waals surface area contributed by atoms with Gasteiger partial charge in [0.25, 0.3) is 5.69 Å². The molecule has 0 amide bonds. The third kappa shape index (κ3) is 2.87. The standard InChI is InChI=1S/C14H18BrN3O2/c15-13-4-3-11(8-14(13)18(19)20)9-16-6-7-17-5-1-2-12(17)10-16/h3-4,8,12H,1-2,5-7,9-10H2. The van der Waals surface area contributed by atoms with Crippen molar-refractivity contribution in [2.45, 2.75) is 25.4 Å². The summed E-state index contributed by atoms with van der Waals surface area (Å²) in [7, 11) is 0. The molecule has 1 aromatic carbocycles. The Hall–Kier alpha value is -0.980. The first-order valence-electron chi connectivity index (χ1n) is 7.03. The lowest BCUT2D eigenvalue weighted by atomic mass is 10.1. The highest BCUT2D eigenvalue weighted by Gasteiger charge is 2.30. The highest BCUT2D eigenvalue weighted by molar-refractivity contribution is 9.10. The third-order valence-corrected chi connectivity index (χ3v) is 4.96. The van der Waals surface area contributed by atoms with E-state index in [1.54, 1.807) is 12.1 Å². The highest BCUT2D eigenvalue weighted by Crippen LogP contribution is 2.27. The van der Waals surface area contributed by atoms with Crippen molar-refractivity contribution < 1.29 is 4.92 Å². The Morgan fingerprint density at radius 3 is 3.00 bits per heavy atom. The molecular formula is C14H18BrN3O2. The van der Waals surface area contributed by atoms with Crippen LogP contribution >= 0.6 is 15.9 Å². The lowest BCUT2D eigenvalue weighted by Gasteiger charge is -2.37. The van der Waals surface area contributed by atoms with E-state index in [0.29, 0.717) is 10.5 Å². The van der Waals surface area contributed by atoms with Crippen molar-refractivity contribution >= 4 is 21.6 Å². The van der Waals surface area contributed by atoms with Crippen molar-refractivity contribution in [2.24, 2.45) is 0 Å². The predicted molar refractivity (Wildman–Crippen MR) is 80.7 cm³/mol. The lowest BCUT2D eigenvalue weighted by Crippen LogP contribution is -2.49. The molecule has 2 aliphatic rings. The van der Waals surface area contributed by atoms with Crippen LogP contribution in [0.4, 0.5) is 5.69 Å². The van der Waals surface area contributed by atoms with E-state index in [4.69, 9.17) is 0 Å². The molecule has 1 atom stereocenters. The molecule has 0 radical (unpaired) electrons. The summed E-state index contributed by atoms with van der Waals surface area (Å²) in [5.41, 5.74) is 1.17. The monoisotopic (exact) mass is 339 g/mol. The Bertz CT molecular complexity index is 523. The Labute approximate surface area is 126 Å². The number of piperazine rings is 1. The van der Waals surface area contributed by atoms with Gasteiger partial charge in [0, 0.05) is 38.3 Å². The second-order valence-electron chi connectivity index (χ2n) is 5.61. The molecule has 20 heavy (non-hydrogen) atoms. The average molecular weight is 340 g/mol. The van der Waals surface area contributed by atoms with Crippen LogP contribution in [0.3, 0.4) is 0 Å². The highest BCUT2D eigenvalue weighted by atomic mass is 79.9. The van der Waals surface area contributed by atoms with Crippen LogP contribution in [0.25, 0.3) is 0 Å². The van der Waals surface area contributed by atoms with E-state index in [2.05, 4.69) is 25.7 Å². The molecular weight excluding hydrogens is 322 g/mol. The maximum Gasteiger partial charge on any atom is 0.283 e. The van der Waals surface area contributed by atoms with E-state index in [1.807, 2.05) is 6.07 Å². The smallest absolute Gasteiger partial charge is 0.283 e. The SMILES string of the molecule is O=[N+]([O-])c1cc(CN2CCN3CCCC3C2)ccc1Br. The Morgan fingerprint density at radius 1 is 1.35 bits per heavy atom. The normalized spacial score (nSPS) is 23.8. The minimum atomic E-state index is -0.331. The summed E-state index contributed by atoms with van der Waals surface area (Å²) in [5, 5.41) is 11.0. The van der Waals surface area contributed by atoms with Crippen LogP contribution in [0, 0.1) is 10.1 Å². The van der Waals surface area contributed by atoms with Crippen LogP contribution < -0.4 is 0 Å². The second-order valence-corrected chi connectivity index (χ2v) is 6.46. The Morgan fingerprint density at radius 2 is 2.20 bits per heavy atom. The van der Waals surface area contributed by atoms with Gasteiger partial charge in [-0.2, -0.15) is 0 Å². The van der Waals surface area contributed by atoms with E-state index >= 15 is 0 Å². The van der Waals surface area contributed by atoms with Crippen molar-refractivity contribution in [3.63, 3.8) is 0 Å². The summed E-state index contributed by atoms with van der Waals surface area (Å²) < 4.78 is 0.548. The van der Waals surface area contributed by atoms with Gasteiger partial charge in [0.1, 0.15) is 0 Å². The molecule has 1 aromatic rings. The molecule has 2 aliphatic heterocycles. The minimum Gasteiger partial charge on any atom is -0.298 e. The van der Waals surface area contributed by atoms with Crippen LogP contribution in [0.2, 0.25) is 0 Å². The largest absolute Gasteiger partial charge is 0.298 e. The molecule has 0 aromatic heterocycles. The van der Waals surface area contributed by atoms with Gasteiger partial charge in [0.15, 0.2) is 0 Å². The fraction of sp³-hybridized carbons (Fsp3) is 0.571. The number of hydrogen-bond donors (Lipinski definition) is 0. The number of halogens is 1. The van der Waals surface area contributed by atoms with E-state index in [-0.39, 0.29) is 10.6 Å². The van der Waals surface area contributed by atoms with Gasteiger partial charge < -0.3 is 0 Å². The molecule has 0 bridgehead atoms. The van der Waals surface area contributed by atoms with Gasteiger partial charge in [-0.05, 0) is 46.9 Å². The number of benzene rings is 1. The fourth-order valence-corrected chi connectivity index (χ4v) is 3.65. The summed E-state index contributed by atoms with van der Waals surface area (Å²) >= 11 is 3.23. The van der Waals surface area contributed by atoms with Gasteiger partial charge in [-0.15, -0.1) is 0 Å². The van der Waals surface area contributed by atoms with E-state index in [9.17, 15) is 10.1 Å². The van der Waals surface area contributed by atoms with E-state index in [1.165, 1.54) is 19.4 Å². The Kier molecular flexibility index (Phi) is 4.05. The van der Waals surface area contributed by atoms with E-state index in [0.717, 1.165) is 31.7 Å². The maximum absolute atomic E-state index is 11.0. The first-order chi connectivity index (χ1) is 9.63. The van der Waals surface area contributed by atoms with Crippen LogP contribution in [-0.2, 0) is 6.54 Å². The van der Waals surface area contributed by atoms with Crippen LogP contribution in [0.5, 0.6) is 0 Å². The quantitative estimate of drug-likeness (QED) is 0.627. The molecule has 6 heteroatoms. The Balaban J connectivity index is 1.68. The van der Waals surface area contributed by atoms with Crippen molar-refractivity contribution in [3.05, 3.63) is 38.3 Å². The molecule has 1 unspecified atom stereocenters. The number of nitrogens with zero attached hydrogens (tertiary/aromatic N) is 3. The van der Waals surface area contributed by atoms with E-state index < -0.39 is 0 Å². The van der Waals surface area contributed by atoms with Crippen LogP contribution in [0.15, 0.2) is 22.7 Å². The number of nitro benzene ring substituents is 1. The summed E-state index contributed by atoms with van der Waals surface area (Å²) in [6.07, 6.45) is 2.60. The minimum absolute atomic E-state index is 0.155. The summed E-state index contributed by atoms with van der Waals surface area (Å²) in [4.78, 5) is 15.6. The molecule has 2 heterocycles. The molecule has 3 rings (SSSR count). The second kappa shape index (κ2) is 5.79. The zero-order valence-corrected chi connectivity index (χ0v) is 12.9. The summed E-state index contributed by atoms with van der Waals surface area (Å²) in [6, 6.07) is 6.12. The zero-order chi connectivity index (χ0) is 14.1. The van der Waals surface area contributed by atoms with Crippen LogP contribution in [-0.4, -0.2) is 46.9 Å². The molecule has 108 valence electrons. The molecule has 0 aliphatic carbocycles. The van der Waals surface area contributed by atoms with Gasteiger partial charge in [0.2, 0.25) is 0 Å². The van der Waals surface area contributed by atoms with Crippen molar-refractivity contribution in [3.8, 4) is 0 Å². The first-order valence-corrected chi connectivity index (χ1v) is 7.82. The van der Waals surface area contributed by atoms with Crippen molar-refractivity contribution in [1.82, 2.24) is 9.80 Å². The summed E-state index contributed by atoms with van der Waals surface area (Å²) in [6.45, 7) is 5.31. The van der Waals surface area contributed by atoms with Gasteiger partial charge in [-0.1, -0.05) is 6.07 Å². The molecule has 2 saturated heterocycles. The topological polar surface area (TPSA) is 49.6 Å². The number of hydrogen-bond acceptors (Lipinski definition) is 4. The maximum atomic E-state index is 11.0. The molecule has 0 spiro atoms. The van der Waals surface area contributed by atoms with Gasteiger partial charge >= 0.3 is 0 Å². The average Bonchev–Trinajstić information content (AvgIpc) is 2.88. The third-order valence-electron chi connectivity index (χ3n) is 4.28. The van der Waals surface area contributed by atoms with Crippen molar-refractivity contribution in [2.75, 3.05) is 26.2 Å². The van der Waals surface area contributed by atoms with Gasteiger partial charge in [-0.3, -0.25) is 19.9 Å². The van der Waals surface area contributed by atoms with Crippen molar-refractivity contribution in [1.29, 1.82) is 0 Å². The van der Waals surface area contributed by atoms with Gasteiger partial charge in [-0.25, -0.2) is 0 Å². The number of rotatable bonds is 3. The molecule has 5 nitrogen and oxygen atoms in total. The number of nitro groups is 1.